The molecular formula is C23H23FN4O. The molecule has 0 fully saturated rings. The standard InChI is InChI=1S/C23H23FN4O/c1-3-28(2)22(21(25)16-9-11-19(24)12-10-16)18-13-14-26-20(15-18)27-23(29)17-7-5-4-6-8-17/h4-15H,3,25H2,1-2H3,(H,26,27,29)/b22-21-. The van der Waals surface area contributed by atoms with Gasteiger partial charge in [-0.05, 0) is 61.0 Å². The smallest absolute Gasteiger partial charge is 0.256 e. The number of amides is 1. The average Bonchev–Trinajstić information content (AvgIpc) is 2.75. The predicted octanol–water partition coefficient (Wildman–Crippen LogP) is 4.21. The van der Waals surface area contributed by atoms with Gasteiger partial charge >= 0.3 is 0 Å². The van der Waals surface area contributed by atoms with E-state index in [1.807, 2.05) is 31.0 Å². The third-order valence-corrected chi connectivity index (χ3v) is 4.58. The van der Waals surface area contributed by atoms with Crippen LogP contribution >= 0.6 is 0 Å². The molecule has 1 heterocycles. The van der Waals surface area contributed by atoms with Crippen LogP contribution in [0.5, 0.6) is 0 Å². The molecule has 0 saturated carbocycles. The fraction of sp³-hybridized carbons (Fsp3) is 0.130. The number of carbonyl (C=O) groups excluding carboxylic acids is 1. The molecule has 1 amide bonds. The summed E-state index contributed by atoms with van der Waals surface area (Å²) in [5, 5.41) is 2.82. The minimum absolute atomic E-state index is 0.240. The summed E-state index contributed by atoms with van der Waals surface area (Å²) in [6, 6.07) is 18.6. The summed E-state index contributed by atoms with van der Waals surface area (Å²) in [5.74, 6) is -0.136. The van der Waals surface area contributed by atoms with E-state index in [0.29, 0.717) is 29.2 Å². The first-order valence-corrected chi connectivity index (χ1v) is 9.29. The molecule has 6 heteroatoms. The topological polar surface area (TPSA) is 71.2 Å². The highest BCUT2D eigenvalue weighted by Gasteiger charge is 2.15. The Labute approximate surface area is 169 Å². The molecule has 0 aliphatic carbocycles. The zero-order valence-electron chi connectivity index (χ0n) is 16.4. The first-order valence-electron chi connectivity index (χ1n) is 9.29. The van der Waals surface area contributed by atoms with Crippen molar-refractivity contribution in [2.24, 2.45) is 5.73 Å². The summed E-state index contributed by atoms with van der Waals surface area (Å²) in [6.07, 6.45) is 1.62. The molecule has 0 radical (unpaired) electrons. The van der Waals surface area contributed by atoms with Crippen molar-refractivity contribution in [1.82, 2.24) is 9.88 Å². The van der Waals surface area contributed by atoms with Crippen LogP contribution in [-0.4, -0.2) is 29.4 Å². The molecule has 3 N–H and O–H groups in total. The van der Waals surface area contributed by atoms with Crippen LogP contribution < -0.4 is 11.1 Å². The minimum Gasteiger partial charge on any atom is -0.397 e. The molecule has 2 aromatic carbocycles. The van der Waals surface area contributed by atoms with E-state index >= 15 is 0 Å². The molecular weight excluding hydrogens is 367 g/mol. The summed E-state index contributed by atoms with van der Waals surface area (Å²) in [7, 11) is 1.92. The number of carbonyl (C=O) groups is 1. The number of rotatable bonds is 6. The van der Waals surface area contributed by atoms with Crippen molar-refractivity contribution in [1.29, 1.82) is 0 Å². The highest BCUT2D eigenvalue weighted by Crippen LogP contribution is 2.26. The van der Waals surface area contributed by atoms with Gasteiger partial charge in [0.2, 0.25) is 0 Å². The molecule has 148 valence electrons. The molecule has 3 aromatic rings. The third-order valence-electron chi connectivity index (χ3n) is 4.58. The second-order valence-corrected chi connectivity index (χ2v) is 6.53. The van der Waals surface area contributed by atoms with Gasteiger partial charge in [-0.1, -0.05) is 18.2 Å². The van der Waals surface area contributed by atoms with E-state index in [0.717, 1.165) is 11.3 Å². The molecule has 0 atom stereocenters. The van der Waals surface area contributed by atoms with E-state index < -0.39 is 0 Å². The summed E-state index contributed by atoms with van der Waals surface area (Å²) in [4.78, 5) is 18.7. The molecule has 0 aliphatic rings. The van der Waals surface area contributed by atoms with Crippen molar-refractivity contribution < 1.29 is 9.18 Å². The van der Waals surface area contributed by atoms with Crippen molar-refractivity contribution in [3.63, 3.8) is 0 Å². The van der Waals surface area contributed by atoms with Crippen molar-refractivity contribution in [3.05, 3.63) is 95.4 Å². The Morgan fingerprint density at radius 1 is 1.03 bits per heavy atom. The summed E-state index contributed by atoms with van der Waals surface area (Å²) in [5.41, 5.74) is 9.80. The zero-order valence-corrected chi connectivity index (χ0v) is 16.4. The van der Waals surface area contributed by atoms with Gasteiger partial charge in [-0.15, -0.1) is 0 Å². The van der Waals surface area contributed by atoms with Gasteiger partial charge in [-0.3, -0.25) is 4.79 Å². The highest BCUT2D eigenvalue weighted by atomic mass is 19.1. The number of nitrogens with two attached hydrogens (primary N) is 1. The molecule has 29 heavy (non-hydrogen) atoms. The molecule has 0 bridgehead atoms. The molecule has 5 nitrogen and oxygen atoms in total. The number of halogens is 1. The van der Waals surface area contributed by atoms with Gasteiger partial charge in [0.05, 0.1) is 11.4 Å². The van der Waals surface area contributed by atoms with Crippen LogP contribution in [0.4, 0.5) is 10.2 Å². The molecule has 3 rings (SSSR count). The van der Waals surface area contributed by atoms with E-state index in [9.17, 15) is 9.18 Å². The lowest BCUT2D eigenvalue weighted by atomic mass is 10.0. The molecule has 0 spiro atoms. The number of nitrogens with zero attached hydrogens (tertiary/aromatic N) is 2. The van der Waals surface area contributed by atoms with Crippen molar-refractivity contribution >= 4 is 23.1 Å². The lowest BCUT2D eigenvalue weighted by molar-refractivity contribution is 0.102. The largest absolute Gasteiger partial charge is 0.397 e. The lowest BCUT2D eigenvalue weighted by Crippen LogP contribution is -2.20. The first-order chi connectivity index (χ1) is 14.0. The Balaban J connectivity index is 1.97. The molecule has 0 saturated heterocycles. The first kappa shape index (κ1) is 20.1. The van der Waals surface area contributed by atoms with E-state index in [4.69, 9.17) is 5.73 Å². The van der Waals surface area contributed by atoms with Crippen LogP contribution in [0.25, 0.3) is 11.4 Å². The minimum atomic E-state index is -0.318. The fourth-order valence-corrected chi connectivity index (χ4v) is 2.93. The monoisotopic (exact) mass is 390 g/mol. The van der Waals surface area contributed by atoms with Gasteiger partial charge < -0.3 is 16.0 Å². The van der Waals surface area contributed by atoms with Crippen molar-refractivity contribution in [2.75, 3.05) is 18.9 Å². The van der Waals surface area contributed by atoms with Crippen LogP contribution in [0.2, 0.25) is 0 Å². The lowest BCUT2D eigenvalue weighted by Gasteiger charge is -2.24. The number of aromatic nitrogens is 1. The number of anilines is 1. The van der Waals surface area contributed by atoms with E-state index in [1.165, 1.54) is 12.1 Å². The maximum Gasteiger partial charge on any atom is 0.256 e. The normalized spacial score (nSPS) is 11.6. The second-order valence-electron chi connectivity index (χ2n) is 6.53. The molecule has 1 aromatic heterocycles. The number of nitrogens with one attached hydrogen (secondary N) is 1. The Bertz CT molecular complexity index is 1020. The average molecular weight is 390 g/mol. The van der Waals surface area contributed by atoms with Crippen LogP contribution in [0.3, 0.4) is 0 Å². The fourth-order valence-electron chi connectivity index (χ4n) is 2.93. The Morgan fingerprint density at radius 2 is 1.72 bits per heavy atom. The highest BCUT2D eigenvalue weighted by molar-refractivity contribution is 6.04. The van der Waals surface area contributed by atoms with Gasteiger partial charge in [0, 0.05) is 30.9 Å². The summed E-state index contributed by atoms with van der Waals surface area (Å²) >= 11 is 0. The van der Waals surface area contributed by atoms with E-state index in [2.05, 4.69) is 10.3 Å². The van der Waals surface area contributed by atoms with E-state index in [-0.39, 0.29) is 11.7 Å². The number of hydrogen-bond donors (Lipinski definition) is 2. The van der Waals surface area contributed by atoms with Crippen LogP contribution in [-0.2, 0) is 0 Å². The quantitative estimate of drug-likeness (QED) is 0.661. The van der Waals surface area contributed by atoms with Crippen LogP contribution in [0.15, 0.2) is 72.9 Å². The third kappa shape index (κ3) is 4.79. The second kappa shape index (κ2) is 9.01. The van der Waals surface area contributed by atoms with Gasteiger partial charge in [-0.2, -0.15) is 0 Å². The molecule has 0 unspecified atom stereocenters. The zero-order chi connectivity index (χ0) is 20.8. The van der Waals surface area contributed by atoms with Crippen LogP contribution in [0, 0.1) is 5.82 Å². The Kier molecular flexibility index (Phi) is 6.24. The Morgan fingerprint density at radius 3 is 2.38 bits per heavy atom. The van der Waals surface area contributed by atoms with E-state index in [1.54, 1.807) is 48.7 Å². The van der Waals surface area contributed by atoms with Crippen molar-refractivity contribution in [3.8, 4) is 0 Å². The maximum atomic E-state index is 13.3. The van der Waals surface area contributed by atoms with Gasteiger partial charge in [0.25, 0.3) is 5.91 Å². The van der Waals surface area contributed by atoms with Gasteiger partial charge in [0.1, 0.15) is 11.6 Å². The number of benzene rings is 2. The van der Waals surface area contributed by atoms with Gasteiger partial charge in [0.15, 0.2) is 0 Å². The van der Waals surface area contributed by atoms with Crippen molar-refractivity contribution in [2.45, 2.75) is 6.92 Å². The summed E-state index contributed by atoms with van der Waals surface area (Å²) < 4.78 is 13.3. The SMILES string of the molecule is CCN(C)/C(=C(\N)c1ccc(F)cc1)c1ccnc(NC(=O)c2ccccc2)c1. The number of hydrogen-bond acceptors (Lipinski definition) is 4. The maximum absolute atomic E-state index is 13.3. The predicted molar refractivity (Wildman–Crippen MR) is 114 cm³/mol. The summed E-state index contributed by atoms with van der Waals surface area (Å²) in [6.45, 7) is 2.72. The Hall–Kier alpha value is -3.67. The number of pyridine rings is 1. The van der Waals surface area contributed by atoms with Crippen LogP contribution in [0.1, 0.15) is 28.4 Å². The molecule has 0 aliphatic heterocycles. The van der Waals surface area contributed by atoms with Gasteiger partial charge in [-0.25, -0.2) is 9.37 Å².